The van der Waals surface area contributed by atoms with Gasteiger partial charge in [-0.3, -0.25) is 0 Å². The van der Waals surface area contributed by atoms with Crippen LogP contribution in [0.25, 0.3) is 5.76 Å². The molecule has 0 amide bonds. The van der Waals surface area contributed by atoms with Gasteiger partial charge in [0.2, 0.25) is 11.6 Å². The van der Waals surface area contributed by atoms with E-state index in [4.69, 9.17) is 34.2 Å². The summed E-state index contributed by atoms with van der Waals surface area (Å²) in [4.78, 5) is 13.2. The van der Waals surface area contributed by atoms with Gasteiger partial charge in [-0.15, -0.1) is 0 Å². The molecule has 9 heteroatoms. The van der Waals surface area contributed by atoms with Crippen molar-refractivity contribution in [3.05, 3.63) is 64.6 Å². The van der Waals surface area contributed by atoms with E-state index in [1.54, 1.807) is 50.4 Å². The smallest absolute Gasteiger partial charge is 0.338 e. The molecule has 0 saturated heterocycles. The lowest BCUT2D eigenvalue weighted by atomic mass is 9.81. The summed E-state index contributed by atoms with van der Waals surface area (Å²) in [7, 11) is 5.99. The zero-order valence-electron chi connectivity index (χ0n) is 19.6. The molecule has 2 aromatic rings. The molecule has 1 aliphatic rings. The van der Waals surface area contributed by atoms with E-state index < -0.39 is 11.9 Å². The third-order valence-electron chi connectivity index (χ3n) is 5.29. The number of benzene rings is 2. The summed E-state index contributed by atoms with van der Waals surface area (Å²) < 4.78 is 32.8. The molecule has 1 atom stereocenters. The molecular weight excluding hydrogens is 440 g/mol. The number of nitrogens with two attached hydrogens (primary N) is 1. The Morgan fingerprint density at radius 1 is 1.03 bits per heavy atom. The Morgan fingerprint density at radius 3 is 2.12 bits per heavy atom. The van der Waals surface area contributed by atoms with Gasteiger partial charge in [0.15, 0.2) is 11.5 Å². The second kappa shape index (κ2) is 10.5. The molecule has 9 nitrogen and oxygen atoms in total. The molecule has 0 aliphatic carbocycles. The number of allylic oxidation sites excluding steroid dienone is 1. The molecule has 0 saturated carbocycles. The van der Waals surface area contributed by atoms with Gasteiger partial charge in [-0.1, -0.05) is 0 Å². The number of nitriles is 1. The van der Waals surface area contributed by atoms with Crippen molar-refractivity contribution in [3.63, 3.8) is 0 Å². The van der Waals surface area contributed by atoms with Gasteiger partial charge in [0.25, 0.3) is 0 Å². The van der Waals surface area contributed by atoms with Crippen molar-refractivity contribution in [2.75, 3.05) is 35.0 Å². The van der Waals surface area contributed by atoms with Crippen LogP contribution in [-0.4, -0.2) is 41.0 Å². The summed E-state index contributed by atoms with van der Waals surface area (Å²) in [6, 6.07) is 12.3. The minimum atomic E-state index is -0.913. The van der Waals surface area contributed by atoms with Crippen LogP contribution in [0.15, 0.2) is 53.4 Å². The summed E-state index contributed by atoms with van der Waals surface area (Å²) in [6.45, 7) is 1.82. The first-order chi connectivity index (χ1) is 16.4. The van der Waals surface area contributed by atoms with Crippen molar-refractivity contribution in [1.29, 1.82) is 5.26 Å². The maximum absolute atomic E-state index is 13.2. The topological polar surface area (TPSA) is 122 Å². The second-order valence-corrected chi connectivity index (χ2v) is 7.08. The third kappa shape index (κ3) is 4.43. The van der Waals surface area contributed by atoms with Gasteiger partial charge in [0.1, 0.15) is 23.2 Å². The van der Waals surface area contributed by atoms with Crippen LogP contribution in [0, 0.1) is 11.3 Å². The first-order valence-corrected chi connectivity index (χ1v) is 10.4. The minimum Gasteiger partial charge on any atom is -0.497 e. The number of methoxy groups -OCH3 is 4. The molecule has 0 aromatic heterocycles. The molecule has 34 heavy (non-hydrogen) atoms. The van der Waals surface area contributed by atoms with Crippen LogP contribution < -0.4 is 24.7 Å². The molecule has 1 aliphatic heterocycles. The normalized spacial score (nSPS) is 15.2. The number of esters is 1. The third-order valence-corrected chi connectivity index (χ3v) is 5.29. The van der Waals surface area contributed by atoms with Crippen molar-refractivity contribution in [2.45, 2.75) is 12.8 Å². The molecule has 2 N–H and O–H groups in total. The molecular formula is C25H26N2O7. The first kappa shape index (κ1) is 24.3. The maximum Gasteiger partial charge on any atom is 0.338 e. The lowest BCUT2D eigenvalue weighted by molar-refractivity contribution is -0.138. The van der Waals surface area contributed by atoms with Gasteiger partial charge in [0, 0.05) is 5.56 Å². The van der Waals surface area contributed by atoms with Crippen LogP contribution in [0.5, 0.6) is 23.0 Å². The molecule has 0 fully saturated rings. The van der Waals surface area contributed by atoms with Crippen LogP contribution in [-0.2, 0) is 14.3 Å². The Balaban J connectivity index is 2.34. The van der Waals surface area contributed by atoms with E-state index in [2.05, 4.69) is 6.07 Å². The SMILES string of the molecule is CCOC(=O)C1=C(c2ccc(OC)cc2)OC(N)=C(C#N)C1c1cc(OC)c(OC)c(OC)c1. The van der Waals surface area contributed by atoms with E-state index in [0.717, 1.165) is 0 Å². The van der Waals surface area contributed by atoms with E-state index in [1.807, 2.05) is 0 Å². The lowest BCUT2D eigenvalue weighted by Gasteiger charge is -2.29. The Labute approximate surface area is 197 Å². The van der Waals surface area contributed by atoms with Crippen LogP contribution in [0.1, 0.15) is 24.0 Å². The Hall–Kier alpha value is -4.32. The monoisotopic (exact) mass is 466 g/mol. The Bertz CT molecular complexity index is 1150. The number of hydrogen-bond donors (Lipinski definition) is 1. The highest BCUT2D eigenvalue weighted by molar-refractivity contribution is 6.00. The molecule has 0 spiro atoms. The van der Waals surface area contributed by atoms with Gasteiger partial charge >= 0.3 is 5.97 Å². The fraction of sp³-hybridized carbons (Fsp3) is 0.280. The van der Waals surface area contributed by atoms with E-state index in [1.165, 1.54) is 21.3 Å². The zero-order valence-corrected chi connectivity index (χ0v) is 19.6. The van der Waals surface area contributed by atoms with Gasteiger partial charge in [-0.05, 0) is 48.9 Å². The molecule has 3 rings (SSSR count). The van der Waals surface area contributed by atoms with Crippen LogP contribution in [0.4, 0.5) is 0 Å². The highest BCUT2D eigenvalue weighted by Crippen LogP contribution is 2.47. The summed E-state index contributed by atoms with van der Waals surface area (Å²) in [5.74, 6) is 0.197. The molecule has 0 radical (unpaired) electrons. The maximum atomic E-state index is 13.2. The number of hydrogen-bond acceptors (Lipinski definition) is 9. The van der Waals surface area contributed by atoms with E-state index in [9.17, 15) is 10.1 Å². The quantitative estimate of drug-likeness (QED) is 0.582. The molecule has 1 unspecified atom stereocenters. The fourth-order valence-electron chi connectivity index (χ4n) is 3.73. The molecule has 2 aromatic carbocycles. The minimum absolute atomic E-state index is 0.0505. The van der Waals surface area contributed by atoms with Crippen molar-refractivity contribution in [2.24, 2.45) is 5.73 Å². The summed E-state index contributed by atoms with van der Waals surface area (Å²) in [5.41, 5.74) is 7.40. The number of carbonyl (C=O) groups is 1. The van der Waals surface area contributed by atoms with Gasteiger partial charge in [0.05, 0.1) is 46.5 Å². The predicted octanol–water partition coefficient (Wildman–Crippen LogP) is 3.50. The fourth-order valence-corrected chi connectivity index (χ4v) is 3.73. The number of rotatable bonds is 8. The summed E-state index contributed by atoms with van der Waals surface area (Å²) in [6.07, 6.45) is 0. The van der Waals surface area contributed by atoms with E-state index in [-0.39, 0.29) is 29.4 Å². The predicted molar refractivity (Wildman–Crippen MR) is 123 cm³/mol. The van der Waals surface area contributed by atoms with Crippen molar-refractivity contribution < 1.29 is 33.2 Å². The second-order valence-electron chi connectivity index (χ2n) is 7.08. The van der Waals surface area contributed by atoms with Crippen LogP contribution >= 0.6 is 0 Å². The highest BCUT2D eigenvalue weighted by Gasteiger charge is 2.39. The van der Waals surface area contributed by atoms with E-state index in [0.29, 0.717) is 34.1 Å². The summed E-state index contributed by atoms with van der Waals surface area (Å²) in [5, 5.41) is 9.96. The first-order valence-electron chi connectivity index (χ1n) is 10.4. The van der Waals surface area contributed by atoms with Gasteiger partial charge in [-0.2, -0.15) is 5.26 Å². The van der Waals surface area contributed by atoms with E-state index >= 15 is 0 Å². The van der Waals surface area contributed by atoms with Gasteiger partial charge in [-0.25, -0.2) is 4.79 Å². The van der Waals surface area contributed by atoms with Crippen molar-refractivity contribution in [1.82, 2.24) is 0 Å². The molecule has 178 valence electrons. The zero-order chi connectivity index (χ0) is 24.8. The average molecular weight is 466 g/mol. The molecule has 0 bridgehead atoms. The Morgan fingerprint density at radius 2 is 1.65 bits per heavy atom. The number of nitrogens with zero attached hydrogens (tertiary/aromatic N) is 1. The lowest BCUT2D eigenvalue weighted by Crippen LogP contribution is -2.26. The van der Waals surface area contributed by atoms with Gasteiger partial charge < -0.3 is 34.2 Å². The number of ether oxygens (including phenoxy) is 6. The van der Waals surface area contributed by atoms with Crippen molar-refractivity contribution >= 4 is 11.7 Å². The molecule has 1 heterocycles. The van der Waals surface area contributed by atoms with Crippen LogP contribution in [0.3, 0.4) is 0 Å². The largest absolute Gasteiger partial charge is 0.497 e. The standard InChI is InChI=1S/C25H26N2O7/c1-6-33-25(28)21-20(15-11-18(30-3)23(32-5)19(12-15)31-4)17(13-26)24(27)34-22(21)14-7-9-16(29-2)10-8-14/h7-12,20H,6,27H2,1-5H3. The Kier molecular flexibility index (Phi) is 7.53. The van der Waals surface area contributed by atoms with Crippen LogP contribution in [0.2, 0.25) is 0 Å². The highest BCUT2D eigenvalue weighted by atomic mass is 16.5. The number of carbonyl (C=O) groups excluding carboxylic acids is 1. The average Bonchev–Trinajstić information content (AvgIpc) is 2.87. The summed E-state index contributed by atoms with van der Waals surface area (Å²) >= 11 is 0. The van der Waals surface area contributed by atoms with Crippen molar-refractivity contribution in [3.8, 4) is 29.1 Å².